The average Bonchev–Trinajstić information content (AvgIpc) is 3.16. The maximum atomic E-state index is 13.2. The first kappa shape index (κ1) is 17.1. The molecule has 1 aliphatic rings. The van der Waals surface area contributed by atoms with Crippen LogP contribution < -0.4 is 4.74 Å². The van der Waals surface area contributed by atoms with E-state index in [4.69, 9.17) is 16.3 Å². The van der Waals surface area contributed by atoms with Crippen LogP contribution in [0.25, 0.3) is 0 Å². The number of methoxy groups -OCH3 is 1. The van der Waals surface area contributed by atoms with Crippen molar-refractivity contribution in [2.45, 2.75) is 12.5 Å². The van der Waals surface area contributed by atoms with Crippen molar-refractivity contribution in [1.29, 1.82) is 0 Å². The molecule has 3 aromatic rings. The van der Waals surface area contributed by atoms with E-state index in [1.807, 2.05) is 29.2 Å². The molecule has 132 valence electrons. The van der Waals surface area contributed by atoms with Gasteiger partial charge in [-0.1, -0.05) is 23.7 Å². The average molecular weight is 384 g/mol. The number of hydrogen-bond acceptors (Lipinski definition) is 3. The van der Waals surface area contributed by atoms with Crippen LogP contribution >= 0.6 is 22.9 Å². The van der Waals surface area contributed by atoms with Gasteiger partial charge in [0.05, 0.1) is 13.2 Å². The van der Waals surface area contributed by atoms with E-state index in [9.17, 15) is 4.79 Å². The standard InChI is InChI=1S/C21H18ClNO2S/c1-25-17-8-4-14(5-9-17)20-18-11-13-26-19(18)10-12-23(20)21(24)15-2-6-16(22)7-3-15/h2-9,11,13,20H,10,12H2,1H3/t20-/m0/s1. The highest BCUT2D eigenvalue weighted by molar-refractivity contribution is 7.10. The monoisotopic (exact) mass is 383 g/mol. The van der Waals surface area contributed by atoms with Crippen LogP contribution in [-0.4, -0.2) is 24.5 Å². The summed E-state index contributed by atoms with van der Waals surface area (Å²) < 4.78 is 5.27. The number of ether oxygens (including phenoxy) is 1. The van der Waals surface area contributed by atoms with Crippen molar-refractivity contribution in [2.75, 3.05) is 13.7 Å². The molecule has 0 fully saturated rings. The first-order valence-corrected chi connectivity index (χ1v) is 9.70. The molecule has 26 heavy (non-hydrogen) atoms. The van der Waals surface area contributed by atoms with Crippen LogP contribution in [0.4, 0.5) is 0 Å². The summed E-state index contributed by atoms with van der Waals surface area (Å²) >= 11 is 7.74. The normalized spacial score (nSPS) is 16.2. The van der Waals surface area contributed by atoms with Crippen LogP contribution in [0.15, 0.2) is 60.0 Å². The lowest BCUT2D eigenvalue weighted by Crippen LogP contribution is -2.40. The van der Waals surface area contributed by atoms with Crippen molar-refractivity contribution in [3.8, 4) is 5.75 Å². The van der Waals surface area contributed by atoms with Crippen LogP contribution in [0.2, 0.25) is 5.02 Å². The summed E-state index contributed by atoms with van der Waals surface area (Å²) in [5.74, 6) is 0.838. The van der Waals surface area contributed by atoms with Crippen molar-refractivity contribution >= 4 is 28.8 Å². The Balaban J connectivity index is 1.74. The van der Waals surface area contributed by atoms with Crippen molar-refractivity contribution < 1.29 is 9.53 Å². The maximum Gasteiger partial charge on any atom is 0.254 e. The number of carbonyl (C=O) groups excluding carboxylic acids is 1. The minimum absolute atomic E-state index is 0.0272. The Kier molecular flexibility index (Phi) is 4.70. The smallest absolute Gasteiger partial charge is 0.254 e. The number of benzene rings is 2. The van der Waals surface area contributed by atoms with Gasteiger partial charge in [-0.05, 0) is 65.4 Å². The molecule has 0 saturated carbocycles. The molecule has 1 atom stereocenters. The third kappa shape index (κ3) is 3.11. The lowest BCUT2D eigenvalue weighted by Gasteiger charge is -2.36. The Morgan fingerprint density at radius 3 is 2.54 bits per heavy atom. The third-order valence-corrected chi connectivity index (χ3v) is 6.00. The fraction of sp³-hybridized carbons (Fsp3) is 0.190. The van der Waals surface area contributed by atoms with Crippen LogP contribution in [0, 0.1) is 0 Å². The van der Waals surface area contributed by atoms with Gasteiger partial charge in [0.15, 0.2) is 0 Å². The highest BCUT2D eigenvalue weighted by atomic mass is 35.5. The van der Waals surface area contributed by atoms with Crippen LogP contribution in [0.5, 0.6) is 5.75 Å². The van der Waals surface area contributed by atoms with Crippen molar-refractivity contribution in [3.63, 3.8) is 0 Å². The zero-order valence-electron chi connectivity index (χ0n) is 14.3. The van der Waals surface area contributed by atoms with E-state index in [1.54, 1.807) is 42.7 Å². The molecular formula is C21H18ClNO2S. The second-order valence-corrected chi connectivity index (χ2v) is 7.67. The minimum Gasteiger partial charge on any atom is -0.497 e. The van der Waals surface area contributed by atoms with E-state index in [-0.39, 0.29) is 11.9 Å². The SMILES string of the molecule is COc1ccc([C@H]2c3ccsc3CCN2C(=O)c2ccc(Cl)cc2)cc1. The molecule has 2 aromatic carbocycles. The Hall–Kier alpha value is -2.30. The van der Waals surface area contributed by atoms with Gasteiger partial charge in [0.2, 0.25) is 0 Å². The zero-order valence-corrected chi connectivity index (χ0v) is 15.9. The summed E-state index contributed by atoms with van der Waals surface area (Å²) in [6, 6.07) is 17.1. The third-order valence-electron chi connectivity index (χ3n) is 4.75. The van der Waals surface area contributed by atoms with Crippen LogP contribution in [-0.2, 0) is 6.42 Å². The zero-order chi connectivity index (χ0) is 18.1. The summed E-state index contributed by atoms with van der Waals surface area (Å²) in [4.78, 5) is 16.5. The Bertz CT molecular complexity index is 918. The molecule has 3 nitrogen and oxygen atoms in total. The minimum atomic E-state index is -0.0842. The molecule has 0 N–H and O–H groups in total. The summed E-state index contributed by atoms with van der Waals surface area (Å²) in [6.45, 7) is 0.700. The molecule has 1 aromatic heterocycles. The predicted octanol–water partition coefficient (Wildman–Crippen LogP) is 5.20. The number of fused-ring (bicyclic) bond motifs is 1. The topological polar surface area (TPSA) is 29.5 Å². The molecule has 1 amide bonds. The Morgan fingerprint density at radius 2 is 1.85 bits per heavy atom. The number of halogens is 1. The van der Waals surface area contributed by atoms with E-state index in [2.05, 4.69) is 11.4 Å². The molecule has 0 aliphatic carbocycles. The molecule has 0 radical (unpaired) electrons. The molecule has 0 spiro atoms. The molecule has 2 heterocycles. The second-order valence-electron chi connectivity index (χ2n) is 6.23. The number of thiophene rings is 1. The lowest BCUT2D eigenvalue weighted by molar-refractivity contribution is 0.0696. The molecule has 4 rings (SSSR count). The molecule has 0 saturated heterocycles. The number of amides is 1. The van der Waals surface area contributed by atoms with Crippen LogP contribution in [0.1, 0.15) is 32.4 Å². The number of hydrogen-bond donors (Lipinski definition) is 0. The van der Waals surface area contributed by atoms with Gasteiger partial charge >= 0.3 is 0 Å². The van der Waals surface area contributed by atoms with Gasteiger partial charge in [0.1, 0.15) is 5.75 Å². The quantitative estimate of drug-likeness (QED) is 0.622. The maximum absolute atomic E-state index is 13.2. The predicted molar refractivity (Wildman–Crippen MR) is 105 cm³/mol. The fourth-order valence-corrected chi connectivity index (χ4v) is 4.47. The molecule has 5 heteroatoms. The van der Waals surface area contributed by atoms with E-state index >= 15 is 0 Å². The Morgan fingerprint density at radius 1 is 1.12 bits per heavy atom. The highest BCUT2D eigenvalue weighted by Crippen LogP contribution is 2.39. The summed E-state index contributed by atoms with van der Waals surface area (Å²) in [5.41, 5.74) is 2.97. The summed E-state index contributed by atoms with van der Waals surface area (Å²) in [5, 5.41) is 2.74. The van der Waals surface area contributed by atoms with Crippen LogP contribution in [0.3, 0.4) is 0 Å². The van der Waals surface area contributed by atoms with E-state index in [1.165, 1.54) is 10.4 Å². The first-order chi connectivity index (χ1) is 12.7. The lowest BCUT2D eigenvalue weighted by atomic mass is 9.92. The van der Waals surface area contributed by atoms with Gasteiger partial charge in [-0.3, -0.25) is 4.79 Å². The molecular weight excluding hydrogens is 366 g/mol. The van der Waals surface area contributed by atoms with Gasteiger partial charge in [-0.25, -0.2) is 0 Å². The van der Waals surface area contributed by atoms with Crippen molar-refractivity contribution in [3.05, 3.63) is 86.6 Å². The van der Waals surface area contributed by atoms with E-state index < -0.39 is 0 Å². The highest BCUT2D eigenvalue weighted by Gasteiger charge is 2.33. The summed E-state index contributed by atoms with van der Waals surface area (Å²) in [7, 11) is 1.66. The van der Waals surface area contributed by atoms with Gasteiger partial charge in [0.25, 0.3) is 5.91 Å². The first-order valence-electron chi connectivity index (χ1n) is 8.44. The number of nitrogens with zero attached hydrogens (tertiary/aromatic N) is 1. The van der Waals surface area contributed by atoms with Gasteiger partial charge in [-0.15, -0.1) is 11.3 Å². The van der Waals surface area contributed by atoms with E-state index in [0.717, 1.165) is 17.7 Å². The van der Waals surface area contributed by atoms with E-state index in [0.29, 0.717) is 17.1 Å². The Labute approximate surface area is 161 Å². The van der Waals surface area contributed by atoms with Gasteiger partial charge in [-0.2, -0.15) is 0 Å². The van der Waals surface area contributed by atoms with Gasteiger partial charge < -0.3 is 9.64 Å². The molecule has 0 unspecified atom stereocenters. The number of carbonyl (C=O) groups is 1. The fourth-order valence-electron chi connectivity index (χ4n) is 3.44. The van der Waals surface area contributed by atoms with Crippen molar-refractivity contribution in [2.24, 2.45) is 0 Å². The second kappa shape index (κ2) is 7.14. The summed E-state index contributed by atoms with van der Waals surface area (Å²) in [6.07, 6.45) is 0.888. The molecule has 0 bridgehead atoms. The molecule has 1 aliphatic heterocycles. The van der Waals surface area contributed by atoms with Gasteiger partial charge in [0, 0.05) is 22.0 Å². The number of rotatable bonds is 3. The van der Waals surface area contributed by atoms with Crippen molar-refractivity contribution in [1.82, 2.24) is 4.90 Å². The largest absolute Gasteiger partial charge is 0.497 e.